The third-order valence-electron chi connectivity index (χ3n) is 2.82. The quantitative estimate of drug-likeness (QED) is 0.750. The van der Waals surface area contributed by atoms with Crippen LogP contribution in [0.1, 0.15) is 6.92 Å². The fourth-order valence-electron chi connectivity index (χ4n) is 1.95. The Hall–Kier alpha value is -2.10. The maximum absolute atomic E-state index is 11.7. The highest BCUT2D eigenvalue weighted by molar-refractivity contribution is 6.02. The highest BCUT2D eigenvalue weighted by atomic mass is 16.2. The Kier molecular flexibility index (Phi) is 2.95. The van der Waals surface area contributed by atoms with Crippen LogP contribution >= 0.6 is 0 Å². The van der Waals surface area contributed by atoms with E-state index in [0.29, 0.717) is 6.54 Å². The van der Waals surface area contributed by atoms with Crippen molar-refractivity contribution in [3.05, 3.63) is 29.4 Å². The Labute approximate surface area is 100.0 Å². The molecule has 0 bridgehead atoms. The molecular formula is C13H15N3O. The third-order valence-corrected chi connectivity index (χ3v) is 2.82. The van der Waals surface area contributed by atoms with Crippen molar-refractivity contribution in [2.24, 2.45) is 0 Å². The molecule has 0 aromatic carbocycles. The first-order valence-electron chi connectivity index (χ1n) is 5.47. The van der Waals surface area contributed by atoms with Gasteiger partial charge in [0.25, 0.3) is 0 Å². The van der Waals surface area contributed by atoms with Crippen molar-refractivity contribution in [3.8, 4) is 0 Å². The number of carbonyl (C=O) groups excluding carboxylic acids is 1. The second-order valence-electron chi connectivity index (χ2n) is 3.82. The lowest BCUT2D eigenvalue weighted by Crippen LogP contribution is -2.44. The Bertz CT molecular complexity index is 589. The molecule has 1 aromatic rings. The van der Waals surface area contributed by atoms with Crippen LogP contribution in [0, 0.1) is 0 Å². The summed E-state index contributed by atoms with van der Waals surface area (Å²) in [5.41, 5.74) is 1.75. The van der Waals surface area contributed by atoms with Gasteiger partial charge in [0, 0.05) is 12.3 Å². The molecule has 17 heavy (non-hydrogen) atoms. The minimum Gasteiger partial charge on any atom is -0.373 e. The molecule has 0 fully saturated rings. The number of likely N-dealkylation sites (N-methyl/N-ethyl adjacent to an activating group) is 1. The van der Waals surface area contributed by atoms with Crippen molar-refractivity contribution in [2.45, 2.75) is 6.92 Å². The second kappa shape index (κ2) is 4.41. The van der Waals surface area contributed by atoms with Gasteiger partial charge in [-0.05, 0) is 6.92 Å². The van der Waals surface area contributed by atoms with Gasteiger partial charge in [0.1, 0.15) is 0 Å². The number of hydrogen-bond acceptors (Lipinski definition) is 3. The number of aromatic nitrogens is 1. The van der Waals surface area contributed by atoms with E-state index in [0.717, 1.165) is 21.9 Å². The van der Waals surface area contributed by atoms with Gasteiger partial charge in [-0.3, -0.25) is 9.78 Å². The highest BCUT2D eigenvalue weighted by Crippen LogP contribution is 2.22. The first-order chi connectivity index (χ1) is 8.19. The number of hydrogen-bond donors (Lipinski definition) is 1. The maximum atomic E-state index is 11.7. The van der Waals surface area contributed by atoms with Gasteiger partial charge in [0.2, 0.25) is 5.91 Å². The molecular weight excluding hydrogens is 214 g/mol. The lowest BCUT2D eigenvalue weighted by molar-refractivity contribution is -0.116. The first-order valence-corrected chi connectivity index (χ1v) is 5.47. The molecule has 1 amide bonds. The number of nitrogens with one attached hydrogen (secondary N) is 1. The third kappa shape index (κ3) is 1.82. The average molecular weight is 229 g/mol. The van der Waals surface area contributed by atoms with E-state index < -0.39 is 0 Å². The average Bonchev–Trinajstić information content (AvgIpc) is 2.34. The molecule has 0 spiro atoms. The van der Waals surface area contributed by atoms with Crippen molar-refractivity contribution in [3.63, 3.8) is 0 Å². The molecule has 1 N–H and O–H groups in total. The molecule has 1 aliphatic heterocycles. The molecule has 1 aromatic heterocycles. The Balaban J connectivity index is 2.84. The number of carbonyl (C=O) groups is 1. The van der Waals surface area contributed by atoms with Crippen LogP contribution in [0.25, 0.3) is 12.2 Å². The van der Waals surface area contributed by atoms with Crippen LogP contribution in [-0.4, -0.2) is 24.5 Å². The van der Waals surface area contributed by atoms with E-state index in [1.54, 1.807) is 24.2 Å². The molecule has 1 aliphatic rings. The molecule has 0 radical (unpaired) electrons. The van der Waals surface area contributed by atoms with Gasteiger partial charge in [0.15, 0.2) is 0 Å². The lowest BCUT2D eigenvalue weighted by atomic mass is 10.1. The van der Waals surface area contributed by atoms with Crippen LogP contribution in [-0.2, 0) is 4.79 Å². The van der Waals surface area contributed by atoms with Crippen molar-refractivity contribution < 1.29 is 4.79 Å². The number of rotatable bonds is 1. The van der Waals surface area contributed by atoms with Crippen LogP contribution in [0.15, 0.2) is 18.9 Å². The fraction of sp³-hybridized carbons (Fsp3) is 0.231. The van der Waals surface area contributed by atoms with E-state index in [9.17, 15) is 4.79 Å². The molecule has 88 valence electrons. The summed E-state index contributed by atoms with van der Waals surface area (Å²) >= 11 is 0. The van der Waals surface area contributed by atoms with E-state index in [1.807, 2.05) is 19.1 Å². The fourth-order valence-corrected chi connectivity index (χ4v) is 1.95. The summed E-state index contributed by atoms with van der Waals surface area (Å²) in [5.74, 6) is 0.0458. The van der Waals surface area contributed by atoms with Crippen LogP contribution in [0.2, 0.25) is 0 Å². The summed E-state index contributed by atoms with van der Waals surface area (Å²) in [7, 11) is 1.78. The zero-order chi connectivity index (χ0) is 12.4. The first kappa shape index (κ1) is 11.4. The molecule has 0 aliphatic carbocycles. The monoisotopic (exact) mass is 229 g/mol. The van der Waals surface area contributed by atoms with Crippen LogP contribution < -0.4 is 20.8 Å². The molecule has 4 nitrogen and oxygen atoms in total. The largest absolute Gasteiger partial charge is 0.373 e. The number of fused-ring (bicyclic) bond motifs is 1. The normalized spacial score (nSPS) is 16.8. The SMILES string of the molecule is C=C/C=c1/c2c(cn/c1=C/C)NCC(=O)N2C. The summed E-state index contributed by atoms with van der Waals surface area (Å²) < 4.78 is 0. The number of nitrogens with zero attached hydrogens (tertiary/aromatic N) is 2. The predicted octanol–water partition coefficient (Wildman–Crippen LogP) is 0.237. The van der Waals surface area contributed by atoms with Crippen LogP contribution in [0.5, 0.6) is 0 Å². The maximum Gasteiger partial charge on any atom is 0.246 e. The molecule has 2 rings (SSSR count). The van der Waals surface area contributed by atoms with Gasteiger partial charge in [-0.2, -0.15) is 0 Å². The molecule has 0 saturated heterocycles. The summed E-state index contributed by atoms with van der Waals surface area (Å²) in [5, 5.41) is 4.84. The van der Waals surface area contributed by atoms with Gasteiger partial charge in [-0.1, -0.05) is 24.8 Å². The van der Waals surface area contributed by atoms with E-state index in [2.05, 4.69) is 16.9 Å². The van der Waals surface area contributed by atoms with Crippen LogP contribution in [0.4, 0.5) is 11.4 Å². The minimum absolute atomic E-state index is 0.0458. The summed E-state index contributed by atoms with van der Waals surface area (Å²) in [6, 6.07) is 0. The van der Waals surface area contributed by atoms with Crippen molar-refractivity contribution >= 4 is 29.4 Å². The van der Waals surface area contributed by atoms with Gasteiger partial charge in [-0.15, -0.1) is 0 Å². The van der Waals surface area contributed by atoms with Gasteiger partial charge < -0.3 is 10.2 Å². The zero-order valence-corrected chi connectivity index (χ0v) is 10.0. The van der Waals surface area contributed by atoms with Crippen molar-refractivity contribution in [1.82, 2.24) is 4.98 Å². The molecule has 0 saturated carbocycles. The van der Waals surface area contributed by atoms with Gasteiger partial charge >= 0.3 is 0 Å². The number of pyridine rings is 1. The number of allylic oxidation sites excluding steroid dienone is 1. The Morgan fingerprint density at radius 3 is 3.00 bits per heavy atom. The highest BCUT2D eigenvalue weighted by Gasteiger charge is 2.21. The summed E-state index contributed by atoms with van der Waals surface area (Å²) in [4.78, 5) is 17.7. The molecule has 4 heteroatoms. The number of amides is 1. The summed E-state index contributed by atoms with van der Waals surface area (Å²) in [6.45, 7) is 5.94. The second-order valence-corrected chi connectivity index (χ2v) is 3.82. The topological polar surface area (TPSA) is 45.2 Å². The van der Waals surface area contributed by atoms with Crippen molar-refractivity contribution in [2.75, 3.05) is 23.8 Å². The molecule has 2 heterocycles. The van der Waals surface area contributed by atoms with Gasteiger partial charge in [-0.25, -0.2) is 0 Å². The van der Waals surface area contributed by atoms with E-state index in [1.165, 1.54) is 0 Å². The Morgan fingerprint density at radius 2 is 2.35 bits per heavy atom. The van der Waals surface area contributed by atoms with Gasteiger partial charge in [0.05, 0.1) is 29.5 Å². The van der Waals surface area contributed by atoms with Crippen LogP contribution in [0.3, 0.4) is 0 Å². The van der Waals surface area contributed by atoms with Crippen molar-refractivity contribution in [1.29, 1.82) is 0 Å². The molecule has 0 atom stereocenters. The van der Waals surface area contributed by atoms with E-state index >= 15 is 0 Å². The lowest BCUT2D eigenvalue weighted by Gasteiger charge is -2.27. The minimum atomic E-state index is 0.0458. The van der Waals surface area contributed by atoms with E-state index in [4.69, 9.17) is 0 Å². The smallest absolute Gasteiger partial charge is 0.246 e. The standard InChI is InChI=1S/C13H15N3O/c1-4-6-9-10(5-2)14-7-11-13(9)16(3)12(17)8-15-11/h4-7,15H,1,8H2,2-3H3/b9-6+,10-5+. The van der Waals surface area contributed by atoms with E-state index in [-0.39, 0.29) is 5.91 Å². The number of anilines is 2. The molecule has 0 unspecified atom stereocenters. The zero-order valence-electron chi connectivity index (χ0n) is 10.0. The predicted molar refractivity (Wildman–Crippen MR) is 70.2 cm³/mol. The Morgan fingerprint density at radius 1 is 1.59 bits per heavy atom. The summed E-state index contributed by atoms with van der Waals surface area (Å²) in [6.07, 6.45) is 7.26.